The molecule has 0 unspecified atom stereocenters. The Hall–Kier alpha value is -2.88. The highest BCUT2D eigenvalue weighted by Gasteiger charge is 2.53. The SMILES string of the molecule is CCOC(=O)C(Nc1ccc[n+]([O-])c1C(=O)OC(C)C)(OC(C)C)C(=O)OCC. The zero-order chi connectivity index (χ0) is 22.2. The predicted octanol–water partition coefficient (Wildman–Crippen LogP) is 1.54. The third-order valence-corrected chi connectivity index (χ3v) is 3.34. The van der Waals surface area contributed by atoms with Crippen LogP contribution in [0.15, 0.2) is 18.3 Å². The van der Waals surface area contributed by atoms with Crippen LogP contribution in [0.1, 0.15) is 52.0 Å². The molecule has 10 heteroatoms. The zero-order valence-electron chi connectivity index (χ0n) is 17.5. The summed E-state index contributed by atoms with van der Waals surface area (Å²) < 4.78 is 21.0. The Balaban J connectivity index is 3.56. The molecule has 0 aromatic carbocycles. The van der Waals surface area contributed by atoms with Gasteiger partial charge in [-0.2, -0.15) is 4.73 Å². The Kier molecular flexibility index (Phi) is 8.84. The molecule has 1 rings (SSSR count). The number of carbonyl (C=O) groups excluding carboxylic acids is 3. The second-order valence-electron chi connectivity index (χ2n) is 6.46. The van der Waals surface area contributed by atoms with E-state index < -0.39 is 41.5 Å². The molecular weight excluding hydrogens is 384 g/mol. The molecule has 0 bridgehead atoms. The van der Waals surface area contributed by atoms with Crippen molar-refractivity contribution in [2.24, 2.45) is 0 Å². The van der Waals surface area contributed by atoms with Gasteiger partial charge in [-0.1, -0.05) is 0 Å². The maximum absolute atomic E-state index is 12.8. The van der Waals surface area contributed by atoms with Gasteiger partial charge in [0.1, 0.15) is 5.69 Å². The number of esters is 3. The summed E-state index contributed by atoms with van der Waals surface area (Å²) in [6.07, 6.45) is -0.0326. The van der Waals surface area contributed by atoms with Crippen LogP contribution >= 0.6 is 0 Å². The third kappa shape index (κ3) is 6.05. The van der Waals surface area contributed by atoms with Gasteiger partial charge in [0, 0.05) is 6.07 Å². The van der Waals surface area contributed by atoms with Crippen molar-refractivity contribution >= 4 is 23.6 Å². The number of hydrogen-bond acceptors (Lipinski definition) is 9. The smallest absolute Gasteiger partial charge is 0.407 e. The van der Waals surface area contributed by atoms with Crippen molar-refractivity contribution in [3.63, 3.8) is 0 Å². The monoisotopic (exact) mass is 412 g/mol. The average molecular weight is 412 g/mol. The lowest BCUT2D eigenvalue weighted by Gasteiger charge is -2.32. The molecule has 0 aliphatic heterocycles. The molecule has 0 atom stereocenters. The van der Waals surface area contributed by atoms with E-state index in [1.54, 1.807) is 41.5 Å². The van der Waals surface area contributed by atoms with Crippen LogP contribution in [0.25, 0.3) is 0 Å². The van der Waals surface area contributed by atoms with E-state index in [-0.39, 0.29) is 23.6 Å². The summed E-state index contributed by atoms with van der Waals surface area (Å²) in [7, 11) is 0. The number of anilines is 1. The molecule has 0 radical (unpaired) electrons. The number of rotatable bonds is 10. The van der Waals surface area contributed by atoms with Gasteiger partial charge < -0.3 is 29.5 Å². The van der Waals surface area contributed by atoms with Gasteiger partial charge in [0.2, 0.25) is 0 Å². The summed E-state index contributed by atoms with van der Waals surface area (Å²) in [5.74, 6) is -3.09. The van der Waals surface area contributed by atoms with Gasteiger partial charge in [-0.05, 0) is 47.6 Å². The Morgan fingerprint density at radius 1 is 1.07 bits per heavy atom. The first-order valence-corrected chi connectivity index (χ1v) is 9.32. The molecule has 0 aliphatic rings. The van der Waals surface area contributed by atoms with Crippen molar-refractivity contribution in [3.05, 3.63) is 29.2 Å². The van der Waals surface area contributed by atoms with Crippen LogP contribution in [0.5, 0.6) is 0 Å². The summed E-state index contributed by atoms with van der Waals surface area (Å²) in [6.45, 7) is 9.47. The molecule has 1 heterocycles. The molecule has 0 fully saturated rings. The minimum absolute atomic E-state index is 0.0400. The highest BCUT2D eigenvalue weighted by Crippen LogP contribution is 2.25. The highest BCUT2D eigenvalue weighted by molar-refractivity contribution is 6.07. The van der Waals surface area contributed by atoms with Crippen LogP contribution in [-0.4, -0.2) is 49.1 Å². The molecular formula is C19H28N2O8. The molecule has 1 aromatic rings. The summed E-state index contributed by atoms with van der Waals surface area (Å²) in [5.41, 5.74) is -3.04. The Labute approximate surface area is 169 Å². The second-order valence-corrected chi connectivity index (χ2v) is 6.46. The topological polar surface area (TPSA) is 127 Å². The van der Waals surface area contributed by atoms with Crippen LogP contribution in [0.4, 0.5) is 5.69 Å². The molecule has 1 N–H and O–H groups in total. The molecule has 29 heavy (non-hydrogen) atoms. The Morgan fingerprint density at radius 2 is 1.62 bits per heavy atom. The predicted molar refractivity (Wildman–Crippen MR) is 102 cm³/mol. The van der Waals surface area contributed by atoms with Crippen molar-refractivity contribution in [1.29, 1.82) is 0 Å². The molecule has 1 aromatic heterocycles. The summed E-state index contributed by atoms with van der Waals surface area (Å²) in [6, 6.07) is 2.67. The van der Waals surface area contributed by atoms with E-state index in [1.807, 2.05) is 0 Å². The Morgan fingerprint density at radius 3 is 2.07 bits per heavy atom. The number of nitrogens with one attached hydrogen (secondary N) is 1. The minimum atomic E-state index is -2.43. The van der Waals surface area contributed by atoms with E-state index in [9.17, 15) is 19.6 Å². The lowest BCUT2D eigenvalue weighted by atomic mass is 10.1. The zero-order valence-corrected chi connectivity index (χ0v) is 17.5. The van der Waals surface area contributed by atoms with Crippen LogP contribution in [0.3, 0.4) is 0 Å². The van der Waals surface area contributed by atoms with Crippen molar-refractivity contribution in [2.45, 2.75) is 59.5 Å². The summed E-state index contributed by atoms with van der Waals surface area (Å²) >= 11 is 0. The number of aromatic nitrogens is 1. The molecule has 0 amide bonds. The van der Waals surface area contributed by atoms with Gasteiger partial charge in [0.15, 0.2) is 6.20 Å². The second kappa shape index (κ2) is 10.6. The van der Waals surface area contributed by atoms with Gasteiger partial charge in [0.05, 0.1) is 25.4 Å². The van der Waals surface area contributed by atoms with Crippen LogP contribution < -0.4 is 10.0 Å². The standard InChI is InChI=1S/C19H28N2O8/c1-7-26-17(23)19(29-13(5)6,18(24)27-8-2)20-14-10-9-11-21(25)15(14)16(22)28-12(3)4/h9-13,20H,7-8H2,1-6H3. The quantitative estimate of drug-likeness (QED) is 0.152. The highest BCUT2D eigenvalue weighted by atomic mass is 16.6. The maximum Gasteiger partial charge on any atom is 0.407 e. The maximum atomic E-state index is 12.8. The van der Waals surface area contributed by atoms with Gasteiger partial charge in [-0.25, -0.2) is 14.4 Å². The van der Waals surface area contributed by atoms with E-state index in [1.165, 1.54) is 12.1 Å². The van der Waals surface area contributed by atoms with Crippen LogP contribution in [0, 0.1) is 5.21 Å². The minimum Gasteiger partial charge on any atom is -0.618 e. The molecule has 0 saturated carbocycles. The molecule has 10 nitrogen and oxygen atoms in total. The Bertz CT molecular complexity index is 715. The fourth-order valence-corrected chi connectivity index (χ4v) is 2.38. The van der Waals surface area contributed by atoms with E-state index >= 15 is 0 Å². The lowest BCUT2D eigenvalue weighted by Crippen LogP contribution is -2.59. The van der Waals surface area contributed by atoms with Crippen LogP contribution in [0.2, 0.25) is 0 Å². The third-order valence-electron chi connectivity index (χ3n) is 3.34. The molecule has 0 saturated heterocycles. The van der Waals surface area contributed by atoms with Crippen molar-refractivity contribution in [2.75, 3.05) is 18.5 Å². The summed E-state index contributed by atoms with van der Waals surface area (Å²) in [4.78, 5) is 37.9. The fraction of sp³-hybridized carbons (Fsp3) is 0.579. The molecule has 0 spiro atoms. The number of ether oxygens (including phenoxy) is 4. The first-order chi connectivity index (χ1) is 13.6. The van der Waals surface area contributed by atoms with E-state index in [4.69, 9.17) is 18.9 Å². The number of hydrogen-bond donors (Lipinski definition) is 1. The van der Waals surface area contributed by atoms with E-state index in [2.05, 4.69) is 5.32 Å². The normalized spacial score (nSPS) is 11.3. The van der Waals surface area contributed by atoms with Crippen molar-refractivity contribution in [1.82, 2.24) is 0 Å². The number of pyridine rings is 1. The van der Waals surface area contributed by atoms with Gasteiger partial charge in [-0.15, -0.1) is 0 Å². The number of nitrogens with zero attached hydrogens (tertiary/aromatic N) is 1. The summed E-state index contributed by atoms with van der Waals surface area (Å²) in [5, 5.41) is 14.8. The molecule has 162 valence electrons. The largest absolute Gasteiger partial charge is 0.618 e. The molecule has 0 aliphatic carbocycles. The van der Waals surface area contributed by atoms with Crippen LogP contribution in [-0.2, 0) is 28.5 Å². The first kappa shape index (κ1) is 24.2. The van der Waals surface area contributed by atoms with Crippen molar-refractivity contribution < 1.29 is 38.1 Å². The van der Waals surface area contributed by atoms with Crippen molar-refractivity contribution in [3.8, 4) is 0 Å². The van der Waals surface area contributed by atoms with Gasteiger partial charge >= 0.3 is 29.3 Å². The van der Waals surface area contributed by atoms with E-state index in [0.29, 0.717) is 0 Å². The lowest BCUT2D eigenvalue weighted by molar-refractivity contribution is -0.607. The number of carbonyl (C=O) groups is 3. The van der Waals surface area contributed by atoms with E-state index in [0.717, 1.165) is 6.20 Å². The van der Waals surface area contributed by atoms with Gasteiger partial charge in [0.25, 0.3) is 0 Å². The fourth-order valence-electron chi connectivity index (χ4n) is 2.38. The first-order valence-electron chi connectivity index (χ1n) is 9.32. The van der Waals surface area contributed by atoms with Gasteiger partial charge in [-0.3, -0.25) is 0 Å². The average Bonchev–Trinajstić information content (AvgIpc) is 2.60.